The predicted molar refractivity (Wildman–Crippen MR) is 101 cm³/mol. The van der Waals surface area contributed by atoms with Gasteiger partial charge in [-0.05, 0) is 45.1 Å². The third kappa shape index (κ3) is 4.86. The predicted octanol–water partition coefficient (Wildman–Crippen LogP) is 1.99. The molecule has 9 heteroatoms. The molecule has 0 saturated carbocycles. The maximum atomic E-state index is 5.17. The Kier molecular flexibility index (Phi) is 6.89. The number of hydrogen-bond donors (Lipinski definition) is 2. The van der Waals surface area contributed by atoms with Gasteiger partial charge in [0.05, 0.1) is 5.69 Å². The molecule has 0 aliphatic carbocycles. The fourth-order valence-electron chi connectivity index (χ4n) is 2.62. The average Bonchev–Trinajstić information content (AvgIpc) is 3.20. The highest BCUT2D eigenvalue weighted by Crippen LogP contribution is 2.14. The van der Waals surface area contributed by atoms with Crippen LogP contribution >= 0.6 is 24.6 Å². The molecule has 2 aromatic rings. The van der Waals surface area contributed by atoms with Crippen LogP contribution in [0.1, 0.15) is 25.5 Å². The van der Waals surface area contributed by atoms with Crippen molar-refractivity contribution in [3.05, 3.63) is 30.6 Å². The van der Waals surface area contributed by atoms with Crippen molar-refractivity contribution in [2.45, 2.75) is 26.3 Å². The van der Waals surface area contributed by atoms with Crippen molar-refractivity contribution in [1.29, 1.82) is 0 Å². The van der Waals surface area contributed by atoms with Crippen LogP contribution in [0.5, 0.6) is 0 Å². The highest BCUT2D eigenvalue weighted by atomic mass is 35.5. The number of nitrogens with zero attached hydrogens (tertiary/aromatic N) is 5. The first-order valence-corrected chi connectivity index (χ1v) is 8.28. The number of nitrogens with one attached hydrogen (secondary N) is 2. The molecule has 3 rings (SSSR count). The van der Waals surface area contributed by atoms with Gasteiger partial charge in [-0.25, -0.2) is 15.0 Å². The summed E-state index contributed by atoms with van der Waals surface area (Å²) in [6.07, 6.45) is 7.90. The second-order valence-electron chi connectivity index (χ2n) is 5.50. The lowest BCUT2D eigenvalue weighted by atomic mass is 10.4. The Bertz CT molecular complexity index is 669. The third-order valence-corrected chi connectivity index (χ3v) is 3.96. The summed E-state index contributed by atoms with van der Waals surface area (Å²) in [5.74, 6) is 1.43. The summed E-state index contributed by atoms with van der Waals surface area (Å²) in [5.41, 5.74) is 1.06. The Morgan fingerprint density at radius 2 is 2.04 bits per heavy atom. The average molecular weight is 368 g/mol. The Hall–Kier alpha value is -1.77. The minimum absolute atomic E-state index is 0. The van der Waals surface area contributed by atoms with E-state index in [1.54, 1.807) is 6.33 Å². The molecular weight excluding hydrogens is 346 g/mol. The normalized spacial score (nSPS) is 14.2. The lowest BCUT2D eigenvalue weighted by molar-refractivity contribution is 0.327. The number of rotatable bonds is 5. The minimum atomic E-state index is 0. The highest BCUT2D eigenvalue weighted by Gasteiger charge is 2.13. The van der Waals surface area contributed by atoms with Crippen LogP contribution in [0.2, 0.25) is 0 Å². The number of likely N-dealkylation sites (tertiary alicyclic amines) is 1. The van der Waals surface area contributed by atoms with Gasteiger partial charge in [-0.1, -0.05) is 0 Å². The first kappa shape index (κ1) is 18.6. The summed E-state index contributed by atoms with van der Waals surface area (Å²) in [6.45, 7) is 5.98. The van der Waals surface area contributed by atoms with Gasteiger partial charge in [0, 0.05) is 25.4 Å². The second-order valence-corrected chi connectivity index (χ2v) is 5.91. The van der Waals surface area contributed by atoms with Crippen molar-refractivity contribution >= 4 is 35.6 Å². The van der Waals surface area contributed by atoms with Gasteiger partial charge in [-0.15, -0.1) is 12.4 Å². The zero-order valence-electron chi connectivity index (χ0n) is 13.6. The van der Waals surface area contributed by atoms with E-state index in [2.05, 4.69) is 30.5 Å². The van der Waals surface area contributed by atoms with Gasteiger partial charge in [0.25, 0.3) is 0 Å². The molecule has 0 amide bonds. The number of halogens is 1. The SMILES string of the molecule is CCNC(=S)Nc1cc(-n2cnc(CN3CCCC3)c2)ncn1.Cl. The first-order valence-electron chi connectivity index (χ1n) is 7.87. The van der Waals surface area contributed by atoms with Crippen molar-refractivity contribution in [3.8, 4) is 5.82 Å². The van der Waals surface area contributed by atoms with Crippen LogP contribution in [0.15, 0.2) is 24.9 Å². The van der Waals surface area contributed by atoms with Crippen LogP contribution in [0.25, 0.3) is 5.82 Å². The Morgan fingerprint density at radius 3 is 2.79 bits per heavy atom. The molecule has 1 saturated heterocycles. The molecule has 0 spiro atoms. The van der Waals surface area contributed by atoms with E-state index in [1.165, 1.54) is 19.2 Å². The molecule has 2 N–H and O–H groups in total. The summed E-state index contributed by atoms with van der Waals surface area (Å²) in [5, 5.41) is 6.63. The van der Waals surface area contributed by atoms with Crippen molar-refractivity contribution in [3.63, 3.8) is 0 Å². The van der Waals surface area contributed by atoms with E-state index < -0.39 is 0 Å². The molecule has 130 valence electrons. The standard InChI is InChI=1S/C15H21N7S.ClH/c1-2-16-15(23)20-13-7-14(18-10-17-13)22-9-12(19-11-22)8-21-5-3-4-6-21;/h7,9-11H,2-6,8H2,1H3,(H2,16,17,18,20,23);1H. The molecule has 3 heterocycles. The monoisotopic (exact) mass is 367 g/mol. The molecular formula is C15H22ClN7S. The number of anilines is 1. The molecule has 7 nitrogen and oxygen atoms in total. The minimum Gasteiger partial charge on any atom is -0.363 e. The first-order chi connectivity index (χ1) is 11.2. The largest absolute Gasteiger partial charge is 0.363 e. The smallest absolute Gasteiger partial charge is 0.171 e. The summed E-state index contributed by atoms with van der Waals surface area (Å²) >= 11 is 5.17. The summed E-state index contributed by atoms with van der Waals surface area (Å²) < 4.78 is 1.91. The van der Waals surface area contributed by atoms with Crippen molar-refractivity contribution in [2.24, 2.45) is 0 Å². The lowest BCUT2D eigenvalue weighted by Gasteiger charge is -2.11. The molecule has 0 atom stereocenters. The van der Waals surface area contributed by atoms with E-state index in [4.69, 9.17) is 12.2 Å². The van der Waals surface area contributed by atoms with Crippen LogP contribution in [0, 0.1) is 0 Å². The summed E-state index contributed by atoms with van der Waals surface area (Å²) in [7, 11) is 0. The summed E-state index contributed by atoms with van der Waals surface area (Å²) in [6, 6.07) is 1.85. The maximum Gasteiger partial charge on any atom is 0.171 e. The molecule has 2 aromatic heterocycles. The van der Waals surface area contributed by atoms with E-state index in [0.29, 0.717) is 10.9 Å². The van der Waals surface area contributed by atoms with Gasteiger partial charge in [0.2, 0.25) is 0 Å². The number of aromatic nitrogens is 4. The van der Waals surface area contributed by atoms with Gasteiger partial charge in [-0.3, -0.25) is 9.47 Å². The number of thiocarbonyl (C=S) groups is 1. The fraction of sp³-hybridized carbons (Fsp3) is 0.467. The Balaban J connectivity index is 0.00000208. The van der Waals surface area contributed by atoms with Crippen LogP contribution in [-0.2, 0) is 6.54 Å². The van der Waals surface area contributed by atoms with Crippen molar-refractivity contribution in [1.82, 2.24) is 29.7 Å². The van der Waals surface area contributed by atoms with Crippen LogP contribution in [0.3, 0.4) is 0 Å². The van der Waals surface area contributed by atoms with E-state index in [0.717, 1.165) is 37.7 Å². The van der Waals surface area contributed by atoms with Gasteiger partial charge in [0.15, 0.2) is 5.11 Å². The van der Waals surface area contributed by atoms with Crippen LogP contribution < -0.4 is 10.6 Å². The van der Waals surface area contributed by atoms with E-state index in [1.807, 2.05) is 23.8 Å². The zero-order valence-corrected chi connectivity index (χ0v) is 15.2. The Morgan fingerprint density at radius 1 is 1.25 bits per heavy atom. The molecule has 1 aliphatic rings. The molecule has 0 aromatic carbocycles. The van der Waals surface area contributed by atoms with E-state index in [9.17, 15) is 0 Å². The van der Waals surface area contributed by atoms with Gasteiger partial charge < -0.3 is 10.6 Å². The highest BCUT2D eigenvalue weighted by molar-refractivity contribution is 7.80. The maximum absolute atomic E-state index is 5.17. The summed E-state index contributed by atoms with van der Waals surface area (Å²) in [4.78, 5) is 15.4. The molecule has 0 radical (unpaired) electrons. The van der Waals surface area contributed by atoms with E-state index in [-0.39, 0.29) is 12.4 Å². The lowest BCUT2D eigenvalue weighted by Crippen LogP contribution is -2.28. The molecule has 1 fully saturated rings. The van der Waals surface area contributed by atoms with Gasteiger partial charge in [0.1, 0.15) is 24.3 Å². The van der Waals surface area contributed by atoms with Gasteiger partial charge in [-0.2, -0.15) is 0 Å². The topological polar surface area (TPSA) is 70.9 Å². The van der Waals surface area contributed by atoms with Crippen molar-refractivity contribution in [2.75, 3.05) is 25.0 Å². The Labute approximate surface area is 153 Å². The van der Waals surface area contributed by atoms with E-state index >= 15 is 0 Å². The second kappa shape index (κ2) is 8.91. The van der Waals surface area contributed by atoms with Gasteiger partial charge >= 0.3 is 0 Å². The molecule has 0 bridgehead atoms. The molecule has 0 unspecified atom stereocenters. The molecule has 1 aliphatic heterocycles. The van der Waals surface area contributed by atoms with Crippen LogP contribution in [-0.4, -0.2) is 49.2 Å². The number of hydrogen-bond acceptors (Lipinski definition) is 5. The molecule has 24 heavy (non-hydrogen) atoms. The van der Waals surface area contributed by atoms with Crippen LogP contribution in [0.4, 0.5) is 5.82 Å². The zero-order chi connectivity index (χ0) is 16.1. The van der Waals surface area contributed by atoms with Crippen molar-refractivity contribution < 1.29 is 0 Å². The number of imidazole rings is 1. The fourth-order valence-corrected chi connectivity index (χ4v) is 2.87. The quantitative estimate of drug-likeness (QED) is 0.783. The third-order valence-electron chi connectivity index (χ3n) is 3.72.